The molecule has 0 aliphatic carbocycles. The molecule has 12 nitrogen and oxygen atoms in total. The van der Waals surface area contributed by atoms with E-state index >= 15 is 0 Å². The van der Waals surface area contributed by atoms with Crippen molar-refractivity contribution in [2.45, 2.75) is 5.79 Å². The summed E-state index contributed by atoms with van der Waals surface area (Å²) in [5.74, 6) is -2.25. The Balaban J connectivity index is 3.85. The molecule has 1 aromatic carbocycles. The minimum atomic E-state index is -2.25. The van der Waals surface area contributed by atoms with Gasteiger partial charge in [-0.3, -0.25) is 47.5 Å². The van der Waals surface area contributed by atoms with Crippen molar-refractivity contribution in [2.24, 2.45) is 17.2 Å². The highest BCUT2D eigenvalue weighted by atomic mass is 16.6. The van der Waals surface area contributed by atoms with Gasteiger partial charge in [0, 0.05) is 6.07 Å². The zero-order valence-electron chi connectivity index (χ0n) is 9.18. The molecule has 0 spiro atoms. The third-order valence-corrected chi connectivity index (χ3v) is 2.16. The molecule has 102 valence electrons. The van der Waals surface area contributed by atoms with Gasteiger partial charge >= 0.3 is 17.1 Å². The minimum absolute atomic E-state index is 0.588. The Labute approximate surface area is 104 Å². The molecule has 0 atom stereocenters. The summed E-state index contributed by atoms with van der Waals surface area (Å²) in [7, 11) is 0. The molecule has 1 aromatic rings. The number of nitro groups is 3. The topological polar surface area (TPSA) is 207 Å². The Morgan fingerprint density at radius 3 is 1.63 bits per heavy atom. The van der Waals surface area contributed by atoms with E-state index in [1.54, 1.807) is 0 Å². The predicted octanol–water partition coefficient (Wildman–Crippen LogP) is -0.602. The van der Waals surface area contributed by atoms with E-state index < -0.39 is 43.2 Å². The van der Waals surface area contributed by atoms with Gasteiger partial charge in [0.2, 0.25) is 0 Å². The molecule has 0 bridgehead atoms. The molecule has 19 heavy (non-hydrogen) atoms. The lowest BCUT2D eigenvalue weighted by Crippen LogP contribution is -2.54. The summed E-state index contributed by atoms with van der Waals surface area (Å²) >= 11 is 0. The van der Waals surface area contributed by atoms with Gasteiger partial charge in [0.05, 0.1) is 20.3 Å². The van der Waals surface area contributed by atoms with Crippen LogP contribution in [-0.4, -0.2) is 14.8 Å². The van der Waals surface area contributed by atoms with E-state index in [9.17, 15) is 30.3 Å². The van der Waals surface area contributed by atoms with Crippen molar-refractivity contribution in [1.29, 1.82) is 0 Å². The molecular formula is C7H8N6O6. The van der Waals surface area contributed by atoms with Gasteiger partial charge in [-0.05, 0) is 6.07 Å². The maximum absolute atomic E-state index is 10.9. The molecule has 12 heteroatoms. The zero-order chi connectivity index (χ0) is 15.0. The Kier molecular flexibility index (Phi) is 3.42. The smallest absolute Gasteiger partial charge is 0.297 e. The SMILES string of the molecule is NC(N)(N)c1ccc([N+](=O)[O-])c([N+](=O)[O-])c1[N+](=O)[O-]. The normalized spacial score (nSPS) is 11.1. The molecule has 0 aliphatic heterocycles. The second-order valence-corrected chi connectivity index (χ2v) is 3.53. The fourth-order valence-corrected chi connectivity index (χ4v) is 1.43. The van der Waals surface area contributed by atoms with E-state index in [1.165, 1.54) is 0 Å². The van der Waals surface area contributed by atoms with Crippen molar-refractivity contribution in [3.8, 4) is 0 Å². The summed E-state index contributed by atoms with van der Waals surface area (Å²) in [5.41, 5.74) is 11.6. The molecule has 6 N–H and O–H groups in total. The van der Waals surface area contributed by atoms with Gasteiger partial charge in [0.15, 0.2) is 0 Å². The number of nitrogens with zero attached hydrogens (tertiary/aromatic N) is 3. The van der Waals surface area contributed by atoms with Gasteiger partial charge in [0.25, 0.3) is 0 Å². The van der Waals surface area contributed by atoms with Crippen LogP contribution in [0, 0.1) is 30.3 Å². The van der Waals surface area contributed by atoms with Crippen LogP contribution in [0.15, 0.2) is 12.1 Å². The number of nitro benzene ring substituents is 3. The van der Waals surface area contributed by atoms with Crippen LogP contribution >= 0.6 is 0 Å². The number of benzene rings is 1. The van der Waals surface area contributed by atoms with E-state index in [1.807, 2.05) is 0 Å². The lowest BCUT2D eigenvalue weighted by atomic mass is 10.0. The van der Waals surface area contributed by atoms with E-state index in [-0.39, 0.29) is 0 Å². The number of hydrogen-bond acceptors (Lipinski definition) is 9. The first kappa shape index (κ1) is 14.4. The Morgan fingerprint density at radius 2 is 1.32 bits per heavy atom. The van der Waals surface area contributed by atoms with Gasteiger partial charge in [-0.1, -0.05) is 0 Å². The first-order chi connectivity index (χ1) is 8.57. The summed E-state index contributed by atoms with van der Waals surface area (Å²) in [5, 5.41) is 32.3. The molecule has 1 rings (SSSR count). The fourth-order valence-electron chi connectivity index (χ4n) is 1.43. The van der Waals surface area contributed by atoms with Crippen LogP contribution in [0.2, 0.25) is 0 Å². The standard InChI is InChI=1S/C7H8N6O6/c8-7(9,10)3-1-2-4(11(14)15)6(13(18)19)5(3)12(16)17/h1-2H,8-10H2. The molecule has 0 saturated carbocycles. The maximum Gasteiger partial charge on any atom is 0.422 e. The van der Waals surface area contributed by atoms with Crippen LogP contribution in [0.4, 0.5) is 17.1 Å². The Hall–Kier alpha value is -2.70. The Bertz CT molecular complexity index is 578. The van der Waals surface area contributed by atoms with Crippen molar-refractivity contribution in [3.05, 3.63) is 48.0 Å². The molecule has 0 aromatic heterocycles. The van der Waals surface area contributed by atoms with Gasteiger partial charge < -0.3 is 0 Å². The first-order valence-electron chi connectivity index (χ1n) is 4.54. The fraction of sp³-hybridized carbons (Fsp3) is 0.143. The molecule has 0 radical (unpaired) electrons. The minimum Gasteiger partial charge on any atom is -0.297 e. The second-order valence-electron chi connectivity index (χ2n) is 3.53. The summed E-state index contributed by atoms with van der Waals surface area (Å²) in [6, 6.07) is 1.49. The zero-order valence-corrected chi connectivity index (χ0v) is 9.18. The number of rotatable bonds is 4. The number of nitrogens with two attached hydrogens (primary N) is 3. The average molecular weight is 272 g/mol. The van der Waals surface area contributed by atoms with Crippen LogP contribution in [0.25, 0.3) is 0 Å². The van der Waals surface area contributed by atoms with Gasteiger partial charge in [0.1, 0.15) is 5.79 Å². The van der Waals surface area contributed by atoms with Crippen molar-refractivity contribution in [3.63, 3.8) is 0 Å². The molecule has 0 fully saturated rings. The molecule has 0 amide bonds. The number of hydrogen-bond donors (Lipinski definition) is 3. The largest absolute Gasteiger partial charge is 0.422 e. The van der Waals surface area contributed by atoms with E-state index in [0.717, 1.165) is 6.07 Å². The van der Waals surface area contributed by atoms with Crippen LogP contribution < -0.4 is 17.2 Å². The highest BCUT2D eigenvalue weighted by Crippen LogP contribution is 2.40. The third-order valence-electron chi connectivity index (χ3n) is 2.16. The second kappa shape index (κ2) is 4.52. The monoisotopic (exact) mass is 272 g/mol. The summed E-state index contributed by atoms with van der Waals surface area (Å²) in [6.45, 7) is 0. The summed E-state index contributed by atoms with van der Waals surface area (Å²) in [4.78, 5) is 28.8. The van der Waals surface area contributed by atoms with Crippen LogP contribution in [0.3, 0.4) is 0 Å². The van der Waals surface area contributed by atoms with Gasteiger partial charge in [-0.15, -0.1) is 0 Å². The molecule has 0 unspecified atom stereocenters. The van der Waals surface area contributed by atoms with E-state index in [4.69, 9.17) is 17.2 Å². The molecule has 0 heterocycles. The predicted molar refractivity (Wildman–Crippen MR) is 60.6 cm³/mol. The highest BCUT2D eigenvalue weighted by molar-refractivity contribution is 5.70. The summed E-state index contributed by atoms with van der Waals surface area (Å²) < 4.78 is 0. The molecular weight excluding hydrogens is 264 g/mol. The van der Waals surface area contributed by atoms with E-state index in [2.05, 4.69) is 0 Å². The lowest BCUT2D eigenvalue weighted by molar-refractivity contribution is -0.441. The Morgan fingerprint density at radius 1 is 0.842 bits per heavy atom. The van der Waals surface area contributed by atoms with Crippen molar-refractivity contribution in [2.75, 3.05) is 0 Å². The van der Waals surface area contributed by atoms with E-state index in [0.29, 0.717) is 6.07 Å². The maximum atomic E-state index is 10.9. The lowest BCUT2D eigenvalue weighted by Gasteiger charge is -2.18. The average Bonchev–Trinajstić information content (AvgIpc) is 2.25. The van der Waals surface area contributed by atoms with Crippen molar-refractivity contribution < 1.29 is 14.8 Å². The first-order valence-corrected chi connectivity index (χ1v) is 4.54. The van der Waals surface area contributed by atoms with Crippen LogP contribution in [0.5, 0.6) is 0 Å². The molecule has 0 saturated heterocycles. The van der Waals surface area contributed by atoms with Crippen molar-refractivity contribution >= 4 is 17.1 Å². The van der Waals surface area contributed by atoms with Gasteiger partial charge in [-0.25, -0.2) is 0 Å². The van der Waals surface area contributed by atoms with Gasteiger partial charge in [-0.2, -0.15) is 0 Å². The quantitative estimate of drug-likeness (QED) is 0.362. The van der Waals surface area contributed by atoms with Crippen molar-refractivity contribution in [1.82, 2.24) is 0 Å². The van der Waals surface area contributed by atoms with Crippen LogP contribution in [-0.2, 0) is 5.79 Å². The summed E-state index contributed by atoms with van der Waals surface area (Å²) in [6.07, 6.45) is 0. The van der Waals surface area contributed by atoms with Crippen LogP contribution in [0.1, 0.15) is 5.56 Å². The third kappa shape index (κ3) is 2.59. The highest BCUT2D eigenvalue weighted by Gasteiger charge is 2.42. The molecule has 0 aliphatic rings.